The fraction of sp³-hybridized carbons (Fsp3) is 0.556. The molecule has 1 aliphatic rings. The fourth-order valence-electron chi connectivity index (χ4n) is 2.92. The normalized spacial score (nSPS) is 18.9. The molecule has 27 heavy (non-hydrogen) atoms. The Morgan fingerprint density at radius 3 is 2.15 bits per heavy atom. The topological polar surface area (TPSA) is 66.6 Å². The monoisotopic (exact) mass is 407 g/mol. The van der Waals surface area contributed by atoms with Crippen LogP contribution >= 0.6 is 12.4 Å². The van der Waals surface area contributed by atoms with Gasteiger partial charge in [0, 0.05) is 31.2 Å². The Morgan fingerprint density at radius 1 is 1.15 bits per heavy atom. The van der Waals surface area contributed by atoms with Gasteiger partial charge in [0.05, 0.1) is 11.6 Å². The number of amides is 2. The highest BCUT2D eigenvalue weighted by molar-refractivity contribution is 5.94. The lowest BCUT2D eigenvalue weighted by atomic mass is 10.0. The smallest absolute Gasteiger partial charge is 0.338 e. The highest BCUT2D eigenvalue weighted by atomic mass is 35.5. The summed E-state index contributed by atoms with van der Waals surface area (Å²) in [5.41, 5.74) is 5.31. The van der Waals surface area contributed by atoms with E-state index in [9.17, 15) is 22.8 Å². The summed E-state index contributed by atoms with van der Waals surface area (Å²) in [6, 6.07) is 3.34. The van der Waals surface area contributed by atoms with Crippen molar-refractivity contribution in [3.05, 3.63) is 35.4 Å². The summed E-state index contributed by atoms with van der Waals surface area (Å²) in [6.07, 6.45) is -4.43. The van der Waals surface area contributed by atoms with E-state index in [-0.39, 0.29) is 41.7 Å². The van der Waals surface area contributed by atoms with Crippen molar-refractivity contribution in [3.63, 3.8) is 0 Å². The van der Waals surface area contributed by atoms with E-state index < -0.39 is 17.8 Å². The number of piperazine rings is 1. The van der Waals surface area contributed by atoms with Crippen molar-refractivity contribution in [2.75, 3.05) is 19.6 Å². The van der Waals surface area contributed by atoms with Crippen molar-refractivity contribution in [2.45, 2.75) is 39.0 Å². The maximum absolute atomic E-state index is 12.6. The third kappa shape index (κ3) is 5.35. The summed E-state index contributed by atoms with van der Waals surface area (Å²) in [5, 5.41) is 0. The zero-order valence-electron chi connectivity index (χ0n) is 15.5. The highest BCUT2D eigenvalue weighted by Gasteiger charge is 2.34. The van der Waals surface area contributed by atoms with Crippen LogP contribution in [0.15, 0.2) is 24.3 Å². The molecule has 1 aliphatic heterocycles. The van der Waals surface area contributed by atoms with Gasteiger partial charge in [-0.15, -0.1) is 12.4 Å². The van der Waals surface area contributed by atoms with E-state index in [2.05, 4.69) is 0 Å². The molecule has 1 fully saturated rings. The van der Waals surface area contributed by atoms with Crippen molar-refractivity contribution in [1.29, 1.82) is 0 Å². The van der Waals surface area contributed by atoms with Gasteiger partial charge in [0.2, 0.25) is 5.91 Å². The number of carbonyl (C=O) groups is 2. The predicted octanol–water partition coefficient (Wildman–Crippen LogP) is 2.78. The van der Waals surface area contributed by atoms with Crippen LogP contribution in [0.3, 0.4) is 0 Å². The zero-order chi connectivity index (χ0) is 19.6. The summed E-state index contributed by atoms with van der Waals surface area (Å²) in [5.74, 6) is -0.468. The molecule has 1 heterocycles. The first-order valence-electron chi connectivity index (χ1n) is 8.55. The van der Waals surface area contributed by atoms with Crippen molar-refractivity contribution < 1.29 is 22.8 Å². The van der Waals surface area contributed by atoms with Gasteiger partial charge >= 0.3 is 6.18 Å². The maximum Gasteiger partial charge on any atom is 0.416 e. The fourth-order valence-corrected chi connectivity index (χ4v) is 2.92. The van der Waals surface area contributed by atoms with Gasteiger partial charge in [-0.1, -0.05) is 13.8 Å². The third-order valence-corrected chi connectivity index (χ3v) is 4.66. The first-order valence-corrected chi connectivity index (χ1v) is 8.55. The molecule has 1 aromatic carbocycles. The van der Waals surface area contributed by atoms with Crippen LogP contribution < -0.4 is 5.73 Å². The molecule has 2 atom stereocenters. The standard InChI is InChI=1S/C18H24F3N3O2.ClH/c1-11(2)15(22)17(26)23-8-9-24(12(3)10-23)16(25)13-4-6-14(7-5-13)18(19,20)21;/h4-7,11-12,15H,8-10,22H2,1-3H3;1H/t12-,15-;/m0./s1. The number of hydrogen-bond acceptors (Lipinski definition) is 3. The molecule has 0 aromatic heterocycles. The molecule has 2 amide bonds. The molecule has 9 heteroatoms. The lowest BCUT2D eigenvalue weighted by Crippen LogP contribution is -2.58. The van der Waals surface area contributed by atoms with Crippen molar-refractivity contribution in [1.82, 2.24) is 9.80 Å². The Labute approximate surface area is 163 Å². The molecular weight excluding hydrogens is 383 g/mol. The summed E-state index contributed by atoms with van der Waals surface area (Å²) in [6.45, 7) is 6.58. The first kappa shape index (κ1) is 23.2. The Kier molecular flexibility index (Phi) is 7.68. The molecule has 2 rings (SSSR count). The zero-order valence-corrected chi connectivity index (χ0v) is 16.3. The highest BCUT2D eigenvalue weighted by Crippen LogP contribution is 2.29. The SMILES string of the molecule is CC(C)[C@H](N)C(=O)N1CCN(C(=O)c2ccc(C(F)(F)F)cc2)[C@@H](C)C1.Cl. The van der Waals surface area contributed by atoms with E-state index in [1.54, 1.807) is 9.80 Å². The average molecular weight is 408 g/mol. The second kappa shape index (κ2) is 8.93. The number of nitrogens with zero attached hydrogens (tertiary/aromatic N) is 2. The number of rotatable bonds is 3. The van der Waals surface area contributed by atoms with Gasteiger partial charge in [-0.25, -0.2) is 0 Å². The molecule has 1 aromatic rings. The summed E-state index contributed by atoms with van der Waals surface area (Å²) in [7, 11) is 0. The van der Waals surface area contributed by atoms with Crippen molar-refractivity contribution >= 4 is 24.2 Å². The van der Waals surface area contributed by atoms with Crippen LogP contribution in [0.25, 0.3) is 0 Å². The van der Waals surface area contributed by atoms with E-state index in [0.29, 0.717) is 19.6 Å². The van der Waals surface area contributed by atoms with Crippen LogP contribution in [0, 0.1) is 5.92 Å². The number of nitrogens with two attached hydrogens (primary N) is 1. The minimum absolute atomic E-state index is 0. The molecule has 0 unspecified atom stereocenters. The average Bonchev–Trinajstić information content (AvgIpc) is 2.59. The lowest BCUT2D eigenvalue weighted by Gasteiger charge is -2.41. The molecule has 0 bridgehead atoms. The maximum atomic E-state index is 12.6. The molecule has 0 aliphatic carbocycles. The van der Waals surface area contributed by atoms with Crippen molar-refractivity contribution in [3.8, 4) is 0 Å². The van der Waals surface area contributed by atoms with Gasteiger partial charge in [-0.2, -0.15) is 13.2 Å². The van der Waals surface area contributed by atoms with Gasteiger partial charge < -0.3 is 15.5 Å². The van der Waals surface area contributed by atoms with Crippen LogP contribution in [-0.2, 0) is 11.0 Å². The van der Waals surface area contributed by atoms with Crippen molar-refractivity contribution in [2.24, 2.45) is 11.7 Å². The molecule has 5 nitrogen and oxygen atoms in total. The molecule has 2 N–H and O–H groups in total. The predicted molar refractivity (Wildman–Crippen MR) is 98.6 cm³/mol. The summed E-state index contributed by atoms with van der Waals surface area (Å²) < 4.78 is 37.9. The van der Waals surface area contributed by atoms with Gasteiger partial charge in [-0.05, 0) is 37.1 Å². The van der Waals surface area contributed by atoms with Crippen LogP contribution in [0.2, 0.25) is 0 Å². The first-order chi connectivity index (χ1) is 12.0. The molecule has 0 saturated carbocycles. The molecule has 0 spiro atoms. The van der Waals surface area contributed by atoms with Gasteiger partial charge in [0.1, 0.15) is 0 Å². The second-order valence-electron chi connectivity index (χ2n) is 6.98. The van der Waals surface area contributed by atoms with Crippen LogP contribution in [0.5, 0.6) is 0 Å². The van der Waals surface area contributed by atoms with E-state index >= 15 is 0 Å². The Bertz CT molecular complexity index is 665. The number of hydrogen-bond donors (Lipinski definition) is 1. The van der Waals surface area contributed by atoms with E-state index in [0.717, 1.165) is 12.1 Å². The Morgan fingerprint density at radius 2 is 1.70 bits per heavy atom. The van der Waals surface area contributed by atoms with E-state index in [1.165, 1.54) is 12.1 Å². The second-order valence-corrected chi connectivity index (χ2v) is 6.98. The number of carbonyl (C=O) groups excluding carboxylic acids is 2. The molecule has 152 valence electrons. The minimum atomic E-state index is -4.43. The van der Waals surface area contributed by atoms with E-state index in [4.69, 9.17) is 5.73 Å². The van der Waals surface area contributed by atoms with Crippen LogP contribution in [-0.4, -0.2) is 53.3 Å². The summed E-state index contributed by atoms with van der Waals surface area (Å²) >= 11 is 0. The molecule has 1 saturated heterocycles. The number of alkyl halides is 3. The van der Waals surface area contributed by atoms with Crippen LogP contribution in [0.1, 0.15) is 36.7 Å². The Hall–Kier alpha value is -1.80. The molecule has 0 radical (unpaired) electrons. The number of benzene rings is 1. The Balaban J connectivity index is 0.00000364. The number of halogens is 4. The largest absolute Gasteiger partial charge is 0.416 e. The lowest BCUT2D eigenvalue weighted by molar-refractivity contribution is -0.137. The van der Waals surface area contributed by atoms with Crippen LogP contribution in [0.4, 0.5) is 13.2 Å². The van der Waals surface area contributed by atoms with Gasteiger partial charge in [0.15, 0.2) is 0 Å². The molecular formula is C18H25ClF3N3O2. The quantitative estimate of drug-likeness (QED) is 0.837. The van der Waals surface area contributed by atoms with Gasteiger partial charge in [0.25, 0.3) is 5.91 Å². The third-order valence-electron chi connectivity index (χ3n) is 4.66. The summed E-state index contributed by atoms with van der Waals surface area (Å²) in [4.78, 5) is 28.2. The van der Waals surface area contributed by atoms with E-state index in [1.807, 2.05) is 20.8 Å². The van der Waals surface area contributed by atoms with Gasteiger partial charge in [-0.3, -0.25) is 9.59 Å². The minimum Gasteiger partial charge on any atom is -0.338 e.